The minimum Gasteiger partial charge on any atom is -0.462 e. The SMILES string of the molecule is CCCCC(C)C1CCC2C3CCCC4CCC(OC(=O)C(C)(C)C)CCC4(C)C3CCC12C. The molecule has 0 N–H and O–H groups in total. The summed E-state index contributed by atoms with van der Waals surface area (Å²) in [6.07, 6.45) is 19.2. The summed E-state index contributed by atoms with van der Waals surface area (Å²) in [6.45, 7) is 16.3. The van der Waals surface area contributed by atoms with Crippen LogP contribution in [-0.2, 0) is 9.53 Å². The highest BCUT2D eigenvalue weighted by Crippen LogP contribution is 2.67. The largest absolute Gasteiger partial charge is 0.462 e. The van der Waals surface area contributed by atoms with E-state index in [0.717, 1.165) is 48.3 Å². The Morgan fingerprint density at radius 1 is 0.912 bits per heavy atom. The molecule has 4 rings (SSSR count). The molecule has 9 atom stereocenters. The molecule has 0 aliphatic heterocycles. The van der Waals surface area contributed by atoms with Crippen LogP contribution in [0.25, 0.3) is 0 Å². The summed E-state index contributed by atoms with van der Waals surface area (Å²) in [5, 5.41) is 0. The molecule has 0 heterocycles. The zero-order chi connectivity index (χ0) is 24.7. The molecule has 196 valence electrons. The van der Waals surface area contributed by atoms with E-state index < -0.39 is 5.41 Å². The Kier molecular flexibility index (Phi) is 7.87. The lowest BCUT2D eigenvalue weighted by Gasteiger charge is -2.55. The maximum Gasteiger partial charge on any atom is 0.311 e. The lowest BCUT2D eigenvalue weighted by atomic mass is 9.50. The van der Waals surface area contributed by atoms with Crippen molar-refractivity contribution in [2.75, 3.05) is 0 Å². The summed E-state index contributed by atoms with van der Waals surface area (Å²) in [5.41, 5.74) is 0.629. The third kappa shape index (κ3) is 4.87. The average molecular weight is 473 g/mol. The summed E-state index contributed by atoms with van der Waals surface area (Å²) in [7, 11) is 0. The second-order valence-electron chi connectivity index (χ2n) is 14.8. The van der Waals surface area contributed by atoms with Crippen LogP contribution in [0.4, 0.5) is 0 Å². The molecule has 0 amide bonds. The Labute approximate surface area is 211 Å². The molecule has 34 heavy (non-hydrogen) atoms. The van der Waals surface area contributed by atoms with Gasteiger partial charge in [0.2, 0.25) is 0 Å². The zero-order valence-corrected chi connectivity index (χ0v) is 23.8. The normalized spacial score (nSPS) is 43.6. The number of carbonyl (C=O) groups is 1. The minimum absolute atomic E-state index is 0.00903. The van der Waals surface area contributed by atoms with Crippen LogP contribution in [0.2, 0.25) is 0 Å². The van der Waals surface area contributed by atoms with E-state index >= 15 is 0 Å². The van der Waals surface area contributed by atoms with Crippen LogP contribution in [0.1, 0.15) is 138 Å². The van der Waals surface area contributed by atoms with Crippen molar-refractivity contribution < 1.29 is 9.53 Å². The van der Waals surface area contributed by atoms with Gasteiger partial charge in [0.25, 0.3) is 0 Å². The molecule has 9 unspecified atom stereocenters. The highest BCUT2D eigenvalue weighted by molar-refractivity contribution is 5.75. The lowest BCUT2D eigenvalue weighted by Crippen LogP contribution is -2.48. The van der Waals surface area contributed by atoms with Gasteiger partial charge < -0.3 is 4.74 Å². The van der Waals surface area contributed by atoms with Crippen molar-refractivity contribution in [3.63, 3.8) is 0 Å². The van der Waals surface area contributed by atoms with E-state index in [9.17, 15) is 4.79 Å². The number of unbranched alkanes of at least 4 members (excludes halogenated alkanes) is 1. The first-order valence-corrected chi connectivity index (χ1v) is 15.2. The van der Waals surface area contributed by atoms with Crippen molar-refractivity contribution in [3.8, 4) is 0 Å². The van der Waals surface area contributed by atoms with Gasteiger partial charge >= 0.3 is 5.97 Å². The maximum atomic E-state index is 12.6. The third-order valence-electron chi connectivity index (χ3n) is 11.8. The predicted molar refractivity (Wildman–Crippen MR) is 142 cm³/mol. The van der Waals surface area contributed by atoms with Gasteiger partial charge in [-0.3, -0.25) is 4.79 Å². The molecule has 0 radical (unpaired) electrons. The van der Waals surface area contributed by atoms with Crippen LogP contribution in [0.3, 0.4) is 0 Å². The van der Waals surface area contributed by atoms with Gasteiger partial charge in [-0.2, -0.15) is 0 Å². The van der Waals surface area contributed by atoms with Gasteiger partial charge in [0.15, 0.2) is 0 Å². The van der Waals surface area contributed by atoms with Crippen molar-refractivity contribution in [3.05, 3.63) is 0 Å². The Balaban J connectivity index is 1.50. The number of fused-ring (bicyclic) bond motifs is 5. The molecule has 0 aromatic heterocycles. The number of carbonyl (C=O) groups excluding carboxylic acids is 1. The molecule has 0 saturated heterocycles. The first-order chi connectivity index (χ1) is 16.0. The molecule has 0 aromatic carbocycles. The molecule has 4 saturated carbocycles. The molecule has 0 spiro atoms. The first kappa shape index (κ1) is 26.5. The number of esters is 1. The second kappa shape index (κ2) is 10.1. The van der Waals surface area contributed by atoms with Gasteiger partial charge in [0.1, 0.15) is 6.10 Å². The van der Waals surface area contributed by atoms with Crippen molar-refractivity contribution in [1.29, 1.82) is 0 Å². The van der Waals surface area contributed by atoms with Crippen LogP contribution in [0.5, 0.6) is 0 Å². The van der Waals surface area contributed by atoms with Gasteiger partial charge in [-0.25, -0.2) is 0 Å². The Morgan fingerprint density at radius 2 is 1.62 bits per heavy atom. The van der Waals surface area contributed by atoms with Gasteiger partial charge in [0.05, 0.1) is 5.41 Å². The van der Waals surface area contributed by atoms with E-state index in [-0.39, 0.29) is 12.1 Å². The molecule has 0 bridgehead atoms. The quantitative estimate of drug-likeness (QED) is 0.373. The van der Waals surface area contributed by atoms with Crippen molar-refractivity contribution >= 4 is 5.97 Å². The molecule has 0 aromatic rings. The van der Waals surface area contributed by atoms with E-state index in [1.807, 2.05) is 20.8 Å². The summed E-state index contributed by atoms with van der Waals surface area (Å²) in [5.74, 6) is 5.44. The van der Waals surface area contributed by atoms with E-state index in [0.29, 0.717) is 10.8 Å². The number of ether oxygens (including phenoxy) is 1. The topological polar surface area (TPSA) is 26.3 Å². The van der Waals surface area contributed by atoms with E-state index in [2.05, 4.69) is 27.7 Å². The summed E-state index contributed by atoms with van der Waals surface area (Å²) < 4.78 is 6.07. The second-order valence-corrected chi connectivity index (χ2v) is 14.8. The number of hydrogen-bond acceptors (Lipinski definition) is 2. The predicted octanol–water partition coefficient (Wildman–Crippen LogP) is 9.21. The molecule has 2 nitrogen and oxygen atoms in total. The minimum atomic E-state index is -0.396. The van der Waals surface area contributed by atoms with Crippen molar-refractivity contribution in [1.82, 2.24) is 0 Å². The van der Waals surface area contributed by atoms with E-state index in [1.54, 1.807) is 0 Å². The van der Waals surface area contributed by atoms with Crippen LogP contribution in [-0.4, -0.2) is 12.1 Å². The van der Waals surface area contributed by atoms with Crippen LogP contribution in [0.15, 0.2) is 0 Å². The fourth-order valence-corrected chi connectivity index (χ4v) is 9.76. The number of hydrogen-bond donors (Lipinski definition) is 0. The highest BCUT2D eigenvalue weighted by Gasteiger charge is 2.59. The van der Waals surface area contributed by atoms with Crippen LogP contribution >= 0.6 is 0 Å². The molecule has 4 aliphatic carbocycles. The van der Waals surface area contributed by atoms with Crippen molar-refractivity contribution in [2.45, 2.75) is 144 Å². The third-order valence-corrected chi connectivity index (χ3v) is 11.8. The zero-order valence-electron chi connectivity index (χ0n) is 23.8. The van der Waals surface area contributed by atoms with Gasteiger partial charge in [0, 0.05) is 0 Å². The fourth-order valence-electron chi connectivity index (χ4n) is 9.76. The van der Waals surface area contributed by atoms with E-state index in [1.165, 1.54) is 77.0 Å². The van der Waals surface area contributed by atoms with Crippen LogP contribution < -0.4 is 0 Å². The number of rotatable bonds is 5. The monoisotopic (exact) mass is 472 g/mol. The molecule has 4 aliphatic rings. The first-order valence-electron chi connectivity index (χ1n) is 15.2. The Morgan fingerprint density at radius 3 is 2.32 bits per heavy atom. The smallest absolute Gasteiger partial charge is 0.311 e. The molecule has 4 fully saturated rings. The standard InChI is InChI=1S/C32H56O2/c1-8-9-11-22(2)26-16-17-27-25-13-10-12-23-14-15-24(34-29(33)30(3,4)5)18-20-31(23,6)28(25)19-21-32(26,27)7/h22-28H,8-21H2,1-7H3. The average Bonchev–Trinajstić information content (AvgIpc) is 2.96. The highest BCUT2D eigenvalue weighted by atomic mass is 16.5. The Hall–Kier alpha value is -0.530. The lowest BCUT2D eigenvalue weighted by molar-refractivity contribution is -0.159. The Bertz CT molecular complexity index is 706. The molecular weight excluding hydrogens is 416 g/mol. The molecular formula is C32H56O2. The molecule has 2 heteroatoms. The van der Waals surface area contributed by atoms with E-state index in [4.69, 9.17) is 4.74 Å². The van der Waals surface area contributed by atoms with Crippen LogP contribution in [0, 0.1) is 51.8 Å². The summed E-state index contributed by atoms with van der Waals surface area (Å²) in [6, 6.07) is 0. The van der Waals surface area contributed by atoms with Gasteiger partial charge in [-0.05, 0) is 131 Å². The summed E-state index contributed by atoms with van der Waals surface area (Å²) >= 11 is 0. The van der Waals surface area contributed by atoms with Gasteiger partial charge in [-0.15, -0.1) is 0 Å². The van der Waals surface area contributed by atoms with Gasteiger partial charge in [-0.1, -0.05) is 53.4 Å². The fraction of sp³-hybridized carbons (Fsp3) is 0.969. The maximum absolute atomic E-state index is 12.6. The summed E-state index contributed by atoms with van der Waals surface area (Å²) in [4.78, 5) is 12.6. The van der Waals surface area contributed by atoms with Crippen molar-refractivity contribution in [2.24, 2.45) is 51.8 Å².